The molecule has 0 saturated heterocycles. The molecule has 126 valence electrons. The Kier molecular flexibility index (Phi) is 4.49. The summed E-state index contributed by atoms with van der Waals surface area (Å²) >= 11 is 3.01. The van der Waals surface area contributed by atoms with Gasteiger partial charge in [0.05, 0.1) is 23.5 Å². The minimum Gasteiger partial charge on any atom is -0.543 e. The maximum absolute atomic E-state index is 13.6. The van der Waals surface area contributed by atoms with Crippen molar-refractivity contribution >= 4 is 44.4 Å². The van der Waals surface area contributed by atoms with Crippen LogP contribution in [0.25, 0.3) is 16.5 Å². The molecule has 0 unspecified atom stereocenters. The van der Waals surface area contributed by atoms with E-state index in [0.29, 0.717) is 26.6 Å². The third kappa shape index (κ3) is 3.10. The number of halogens is 3. The van der Waals surface area contributed by atoms with Crippen molar-refractivity contribution in [2.24, 2.45) is 0 Å². The van der Waals surface area contributed by atoms with Crippen LogP contribution in [0.3, 0.4) is 0 Å². The molecule has 0 bridgehead atoms. The van der Waals surface area contributed by atoms with E-state index in [9.17, 15) is 23.9 Å². The molecule has 3 rings (SSSR count). The van der Waals surface area contributed by atoms with E-state index >= 15 is 0 Å². The van der Waals surface area contributed by atoms with Crippen LogP contribution in [0.1, 0.15) is 5.56 Å². The number of thioether (sulfide) groups is 1. The number of carboxylic acids is 1. The maximum atomic E-state index is 13.6. The van der Waals surface area contributed by atoms with E-state index in [1.54, 1.807) is 36.4 Å². The Morgan fingerprint density at radius 2 is 1.96 bits per heavy atom. The lowest BCUT2D eigenvalue weighted by atomic mass is 10.0. The molecule has 25 heavy (non-hydrogen) atoms. The zero-order valence-corrected chi connectivity index (χ0v) is 14.6. The summed E-state index contributed by atoms with van der Waals surface area (Å²) in [6.07, 6.45) is 1.29. The fourth-order valence-corrected chi connectivity index (χ4v) is 3.62. The van der Waals surface area contributed by atoms with Crippen molar-refractivity contribution < 1.29 is 18.7 Å². The van der Waals surface area contributed by atoms with E-state index in [4.69, 9.17) is 0 Å². The SMILES string of the molecule is N#Cc1ccc(-n2c(Br)cnc2SC(F)(F)C(=O)[O-])c2ccccc12. The van der Waals surface area contributed by atoms with E-state index in [-0.39, 0.29) is 16.9 Å². The van der Waals surface area contributed by atoms with Crippen LogP contribution < -0.4 is 5.11 Å². The second-order valence-corrected chi connectivity index (χ2v) is 6.79. The summed E-state index contributed by atoms with van der Waals surface area (Å²) in [6.45, 7) is 0. The average Bonchev–Trinajstić information content (AvgIpc) is 2.93. The van der Waals surface area contributed by atoms with Gasteiger partial charge in [-0.3, -0.25) is 4.57 Å². The molecule has 0 radical (unpaired) electrons. The number of alkyl halides is 2. The molecule has 1 aromatic heterocycles. The van der Waals surface area contributed by atoms with Gasteiger partial charge in [0.25, 0.3) is 0 Å². The van der Waals surface area contributed by atoms with Crippen molar-refractivity contribution in [2.75, 3.05) is 0 Å². The molecule has 0 amide bonds. The van der Waals surface area contributed by atoms with Gasteiger partial charge in [-0.15, -0.1) is 0 Å². The predicted molar refractivity (Wildman–Crippen MR) is 89.3 cm³/mol. The Labute approximate surface area is 153 Å². The smallest absolute Gasteiger partial charge is 0.340 e. The van der Waals surface area contributed by atoms with Crippen LogP contribution in [0, 0.1) is 11.3 Å². The number of aromatic nitrogens is 2. The molecule has 0 atom stereocenters. The number of nitriles is 1. The Balaban J connectivity index is 2.22. The summed E-state index contributed by atoms with van der Waals surface area (Å²) in [6, 6.07) is 12.2. The normalized spacial score (nSPS) is 11.4. The van der Waals surface area contributed by atoms with Crippen LogP contribution in [0.15, 0.2) is 52.4 Å². The summed E-state index contributed by atoms with van der Waals surface area (Å²) in [5.74, 6) is -2.49. The van der Waals surface area contributed by atoms with Gasteiger partial charge >= 0.3 is 5.25 Å². The molecule has 1 heterocycles. The number of carbonyl (C=O) groups is 1. The maximum Gasteiger partial charge on any atom is 0.340 e. The predicted octanol–water partition coefficient (Wildman–Crippen LogP) is 3.09. The van der Waals surface area contributed by atoms with E-state index in [2.05, 4.69) is 27.0 Å². The number of carboxylic acid groups (broad SMARTS) is 1. The minimum atomic E-state index is -4.13. The molecule has 0 aliphatic rings. The fraction of sp³-hybridized carbons (Fsp3) is 0.0625. The Morgan fingerprint density at radius 1 is 1.28 bits per heavy atom. The molecule has 3 aromatic rings. The molecule has 0 saturated carbocycles. The van der Waals surface area contributed by atoms with E-state index in [0.717, 1.165) is 0 Å². The van der Waals surface area contributed by atoms with Gasteiger partial charge in [-0.05, 0) is 39.8 Å². The Bertz CT molecular complexity index is 1030. The second-order valence-electron chi connectivity index (χ2n) is 4.89. The lowest BCUT2D eigenvalue weighted by molar-refractivity contribution is -0.320. The zero-order valence-electron chi connectivity index (χ0n) is 12.2. The van der Waals surface area contributed by atoms with E-state index in [1.165, 1.54) is 10.8 Å². The lowest BCUT2D eigenvalue weighted by Gasteiger charge is -2.18. The summed E-state index contributed by atoms with van der Waals surface area (Å²) in [7, 11) is 0. The second kappa shape index (κ2) is 6.46. The number of carbonyl (C=O) groups excluding carboxylic acids is 1. The van der Waals surface area contributed by atoms with Gasteiger partial charge < -0.3 is 9.90 Å². The summed E-state index contributed by atoms with van der Waals surface area (Å²) in [4.78, 5) is 14.5. The van der Waals surface area contributed by atoms with Gasteiger partial charge in [0.15, 0.2) is 5.16 Å². The standard InChI is InChI=1S/C16H8BrF2N3O2S/c17-13-8-21-15(25-16(18,19)14(23)24)22(13)12-6-5-9(7-20)10-3-1-2-4-11(10)12/h1-6,8H,(H,23,24)/p-1. The van der Waals surface area contributed by atoms with Gasteiger partial charge in [0, 0.05) is 10.8 Å². The van der Waals surface area contributed by atoms with Crippen molar-refractivity contribution in [1.82, 2.24) is 9.55 Å². The third-order valence-electron chi connectivity index (χ3n) is 3.41. The Morgan fingerprint density at radius 3 is 2.60 bits per heavy atom. The minimum absolute atomic E-state index is 0.224. The molecule has 0 fully saturated rings. The number of aliphatic carboxylic acids is 1. The molecule has 0 N–H and O–H groups in total. The van der Waals surface area contributed by atoms with Gasteiger partial charge in [0.2, 0.25) is 0 Å². The highest BCUT2D eigenvalue weighted by Gasteiger charge is 2.35. The third-order valence-corrected chi connectivity index (χ3v) is 4.86. The highest BCUT2D eigenvalue weighted by atomic mass is 79.9. The number of hydrogen-bond donors (Lipinski definition) is 0. The first-order chi connectivity index (χ1) is 11.8. The molecule has 0 aliphatic carbocycles. The van der Waals surface area contributed by atoms with E-state index < -0.39 is 11.2 Å². The van der Waals surface area contributed by atoms with Gasteiger partial charge in [-0.25, -0.2) is 4.98 Å². The average molecular weight is 423 g/mol. The number of imidazole rings is 1. The first kappa shape index (κ1) is 17.4. The molecule has 5 nitrogen and oxygen atoms in total. The van der Waals surface area contributed by atoms with Crippen molar-refractivity contribution in [3.63, 3.8) is 0 Å². The van der Waals surface area contributed by atoms with Gasteiger partial charge in [0.1, 0.15) is 10.6 Å². The summed E-state index contributed by atoms with van der Waals surface area (Å²) in [5, 5.41) is 16.8. The van der Waals surface area contributed by atoms with Crippen LogP contribution in [0.5, 0.6) is 0 Å². The van der Waals surface area contributed by atoms with Crippen molar-refractivity contribution in [3.8, 4) is 11.8 Å². The largest absolute Gasteiger partial charge is 0.543 e. The van der Waals surface area contributed by atoms with Gasteiger partial charge in [-0.2, -0.15) is 14.0 Å². The topological polar surface area (TPSA) is 81.7 Å². The summed E-state index contributed by atoms with van der Waals surface area (Å²) in [5.41, 5.74) is 0.917. The monoisotopic (exact) mass is 422 g/mol. The summed E-state index contributed by atoms with van der Waals surface area (Å²) < 4.78 is 28.8. The fourth-order valence-electron chi connectivity index (χ4n) is 2.34. The van der Waals surface area contributed by atoms with Crippen molar-refractivity contribution in [3.05, 3.63) is 52.8 Å². The van der Waals surface area contributed by atoms with Crippen LogP contribution in [0.2, 0.25) is 0 Å². The first-order valence-corrected chi connectivity index (χ1v) is 8.40. The van der Waals surface area contributed by atoms with Crippen LogP contribution >= 0.6 is 27.7 Å². The molecule has 9 heteroatoms. The number of rotatable bonds is 4. The number of fused-ring (bicyclic) bond motifs is 1. The molecule has 0 aliphatic heterocycles. The number of nitrogens with zero attached hydrogens (tertiary/aromatic N) is 3. The number of benzene rings is 2. The highest BCUT2D eigenvalue weighted by Crippen LogP contribution is 2.38. The molecular weight excluding hydrogens is 416 g/mol. The molecular formula is C16H7BrF2N3O2S-. The quantitative estimate of drug-likeness (QED) is 0.603. The van der Waals surface area contributed by atoms with Gasteiger partial charge in [-0.1, -0.05) is 24.3 Å². The molecule has 2 aromatic carbocycles. The van der Waals surface area contributed by atoms with E-state index in [1.807, 2.05) is 0 Å². The molecule has 0 spiro atoms. The van der Waals surface area contributed by atoms with Crippen LogP contribution in [-0.2, 0) is 4.79 Å². The van der Waals surface area contributed by atoms with Crippen molar-refractivity contribution in [2.45, 2.75) is 10.4 Å². The zero-order chi connectivity index (χ0) is 18.2. The van der Waals surface area contributed by atoms with Crippen LogP contribution in [-0.4, -0.2) is 20.8 Å². The first-order valence-electron chi connectivity index (χ1n) is 6.79. The van der Waals surface area contributed by atoms with Crippen molar-refractivity contribution in [1.29, 1.82) is 5.26 Å². The Hall–Kier alpha value is -2.44. The highest BCUT2D eigenvalue weighted by molar-refractivity contribution is 9.10. The lowest BCUT2D eigenvalue weighted by Crippen LogP contribution is -2.39. The number of hydrogen-bond acceptors (Lipinski definition) is 5. The van der Waals surface area contributed by atoms with Crippen LogP contribution in [0.4, 0.5) is 8.78 Å².